The topological polar surface area (TPSA) is 39.7 Å². The van der Waals surface area contributed by atoms with Gasteiger partial charge in [-0.3, -0.25) is 4.99 Å². The Morgan fingerprint density at radius 2 is 1.90 bits per heavy atom. The van der Waals surface area contributed by atoms with E-state index < -0.39 is 0 Å². The number of hydrogen-bond acceptors (Lipinski definition) is 2. The molecule has 1 atom stereocenters. The maximum absolute atomic E-state index is 13.5. The summed E-state index contributed by atoms with van der Waals surface area (Å²) < 4.78 is 13.5. The minimum Gasteiger partial charge on any atom is -0.371 e. The van der Waals surface area contributed by atoms with Crippen LogP contribution in [0.3, 0.4) is 0 Å². The van der Waals surface area contributed by atoms with E-state index in [9.17, 15) is 4.39 Å². The largest absolute Gasteiger partial charge is 0.371 e. The summed E-state index contributed by atoms with van der Waals surface area (Å²) >= 11 is 0. The van der Waals surface area contributed by atoms with Crippen molar-refractivity contribution in [2.24, 2.45) is 10.9 Å². The van der Waals surface area contributed by atoms with Gasteiger partial charge in [-0.2, -0.15) is 0 Å². The molecule has 2 N–H and O–H groups in total. The van der Waals surface area contributed by atoms with E-state index in [2.05, 4.69) is 64.7 Å². The number of hydrogen-bond donors (Lipinski definition) is 2. The second kappa shape index (κ2) is 10.8. The van der Waals surface area contributed by atoms with Crippen LogP contribution in [0.1, 0.15) is 25.8 Å². The molecule has 4 nitrogen and oxygen atoms in total. The third-order valence-electron chi connectivity index (χ3n) is 5.49. The predicted molar refractivity (Wildman–Crippen MR) is 131 cm³/mol. The molecule has 29 heavy (non-hydrogen) atoms. The molecule has 1 unspecified atom stereocenters. The van der Waals surface area contributed by atoms with E-state index in [0.717, 1.165) is 31.2 Å². The molecule has 1 heterocycles. The van der Waals surface area contributed by atoms with Crippen LogP contribution in [0.25, 0.3) is 0 Å². The summed E-state index contributed by atoms with van der Waals surface area (Å²) in [5.74, 6) is 1.19. The van der Waals surface area contributed by atoms with Gasteiger partial charge in [0.2, 0.25) is 0 Å². The normalized spacial score (nSPS) is 17.0. The lowest BCUT2D eigenvalue weighted by Gasteiger charge is -2.27. The van der Waals surface area contributed by atoms with Gasteiger partial charge < -0.3 is 15.5 Å². The van der Waals surface area contributed by atoms with Gasteiger partial charge in [-0.15, -0.1) is 24.0 Å². The van der Waals surface area contributed by atoms with Crippen LogP contribution >= 0.6 is 24.0 Å². The maximum Gasteiger partial charge on any atom is 0.191 e. The van der Waals surface area contributed by atoms with Crippen molar-refractivity contribution < 1.29 is 4.39 Å². The average Bonchev–Trinajstić information content (AvgIpc) is 3.18. The van der Waals surface area contributed by atoms with Crippen LogP contribution in [-0.2, 0) is 5.41 Å². The van der Waals surface area contributed by atoms with Gasteiger partial charge >= 0.3 is 0 Å². The van der Waals surface area contributed by atoms with E-state index in [1.807, 2.05) is 6.07 Å². The van der Waals surface area contributed by atoms with E-state index in [-0.39, 0.29) is 35.2 Å². The van der Waals surface area contributed by atoms with Crippen LogP contribution in [0.5, 0.6) is 0 Å². The van der Waals surface area contributed by atoms with Crippen molar-refractivity contribution in [3.8, 4) is 0 Å². The van der Waals surface area contributed by atoms with Crippen molar-refractivity contribution in [1.82, 2.24) is 10.6 Å². The highest BCUT2D eigenvalue weighted by atomic mass is 127. The van der Waals surface area contributed by atoms with Crippen LogP contribution in [0.15, 0.2) is 59.6 Å². The molecule has 1 saturated heterocycles. The van der Waals surface area contributed by atoms with Crippen LogP contribution in [0.4, 0.5) is 10.1 Å². The van der Waals surface area contributed by atoms with Gasteiger partial charge in [0.15, 0.2) is 5.96 Å². The Kier molecular flexibility index (Phi) is 8.74. The first kappa shape index (κ1) is 23.4. The molecule has 0 radical (unpaired) electrons. The fourth-order valence-corrected chi connectivity index (χ4v) is 3.65. The third kappa shape index (κ3) is 6.59. The fraction of sp³-hybridized carbons (Fsp3) is 0.435. The van der Waals surface area contributed by atoms with Crippen LogP contribution in [-0.4, -0.2) is 39.2 Å². The molecule has 2 aromatic rings. The molecule has 1 aliphatic heterocycles. The molecule has 158 valence electrons. The zero-order valence-electron chi connectivity index (χ0n) is 17.5. The lowest BCUT2D eigenvalue weighted by Crippen LogP contribution is -2.45. The Hall–Kier alpha value is -1.83. The first-order chi connectivity index (χ1) is 13.5. The van der Waals surface area contributed by atoms with Gasteiger partial charge in [0.1, 0.15) is 5.82 Å². The van der Waals surface area contributed by atoms with Gasteiger partial charge in [0, 0.05) is 44.3 Å². The number of aliphatic imine (C=N–C) groups is 1. The van der Waals surface area contributed by atoms with E-state index >= 15 is 0 Å². The summed E-state index contributed by atoms with van der Waals surface area (Å²) in [5.41, 5.74) is 2.08. The summed E-state index contributed by atoms with van der Waals surface area (Å²) in [5, 5.41) is 6.85. The first-order valence-electron chi connectivity index (χ1n) is 9.98. The zero-order valence-corrected chi connectivity index (χ0v) is 19.8. The molecule has 6 heteroatoms. The number of anilines is 1. The van der Waals surface area contributed by atoms with Crippen molar-refractivity contribution in [2.45, 2.75) is 25.7 Å². The number of rotatable bonds is 6. The molecular formula is C23H32FIN4. The lowest BCUT2D eigenvalue weighted by molar-refractivity contribution is 0.498. The van der Waals surface area contributed by atoms with Gasteiger partial charge in [0.25, 0.3) is 0 Å². The van der Waals surface area contributed by atoms with E-state index in [1.54, 1.807) is 19.2 Å². The van der Waals surface area contributed by atoms with Crippen molar-refractivity contribution in [3.63, 3.8) is 0 Å². The number of nitrogens with zero attached hydrogens (tertiary/aromatic N) is 2. The molecule has 0 spiro atoms. The van der Waals surface area contributed by atoms with Crippen molar-refractivity contribution in [1.29, 1.82) is 0 Å². The average molecular weight is 510 g/mol. The molecular weight excluding hydrogens is 478 g/mol. The van der Waals surface area contributed by atoms with E-state index in [1.165, 1.54) is 18.2 Å². The molecule has 2 aromatic carbocycles. The fourth-order valence-electron chi connectivity index (χ4n) is 3.65. The number of benzene rings is 2. The zero-order chi connectivity index (χ0) is 20.0. The number of halogens is 2. The third-order valence-corrected chi connectivity index (χ3v) is 5.49. The monoisotopic (exact) mass is 510 g/mol. The smallest absolute Gasteiger partial charge is 0.191 e. The lowest BCUT2D eigenvalue weighted by atomic mass is 9.84. The Morgan fingerprint density at radius 3 is 2.59 bits per heavy atom. The van der Waals surface area contributed by atoms with Gasteiger partial charge in [-0.05, 0) is 42.2 Å². The molecule has 0 amide bonds. The second-order valence-electron chi connectivity index (χ2n) is 8.14. The molecule has 0 bridgehead atoms. The van der Waals surface area contributed by atoms with Gasteiger partial charge in [0.05, 0.1) is 0 Å². The predicted octanol–water partition coefficient (Wildman–Crippen LogP) is 4.41. The van der Waals surface area contributed by atoms with Crippen LogP contribution in [0.2, 0.25) is 0 Å². The molecule has 3 rings (SSSR count). The number of nitrogens with one attached hydrogen (secondary N) is 2. The quantitative estimate of drug-likeness (QED) is 0.344. The Morgan fingerprint density at radius 1 is 1.14 bits per heavy atom. The highest BCUT2D eigenvalue weighted by molar-refractivity contribution is 14.0. The Bertz CT molecular complexity index is 794. The summed E-state index contributed by atoms with van der Waals surface area (Å²) in [7, 11) is 1.79. The van der Waals surface area contributed by atoms with Gasteiger partial charge in [-0.25, -0.2) is 4.39 Å². The highest BCUT2D eigenvalue weighted by Crippen LogP contribution is 2.24. The Labute approximate surface area is 191 Å². The van der Waals surface area contributed by atoms with Crippen molar-refractivity contribution in [2.75, 3.05) is 38.1 Å². The van der Waals surface area contributed by atoms with E-state index in [0.29, 0.717) is 12.5 Å². The number of guanidine groups is 1. The molecule has 0 aromatic heterocycles. The van der Waals surface area contributed by atoms with Crippen LogP contribution in [0, 0.1) is 11.7 Å². The molecule has 1 aliphatic rings. The first-order valence-corrected chi connectivity index (χ1v) is 9.98. The standard InChI is InChI=1S/C23H31FN4.HI/c1-23(2,19-8-7-9-20(24)14-19)17-27-22(25-3)26-15-18-12-13-28(16-18)21-10-5-4-6-11-21;/h4-11,14,18H,12-13,15-17H2,1-3H3,(H2,25,26,27);1H. The summed E-state index contributed by atoms with van der Waals surface area (Å²) in [6, 6.07) is 17.4. The highest BCUT2D eigenvalue weighted by Gasteiger charge is 2.24. The van der Waals surface area contributed by atoms with Crippen LogP contribution < -0.4 is 15.5 Å². The van der Waals surface area contributed by atoms with E-state index in [4.69, 9.17) is 0 Å². The summed E-state index contributed by atoms with van der Waals surface area (Å²) in [6.45, 7) is 7.94. The second-order valence-corrected chi connectivity index (χ2v) is 8.14. The number of para-hydroxylation sites is 1. The molecule has 0 saturated carbocycles. The van der Waals surface area contributed by atoms with Gasteiger partial charge in [-0.1, -0.05) is 44.2 Å². The minimum atomic E-state index is -0.197. The maximum atomic E-state index is 13.5. The van der Waals surface area contributed by atoms with Crippen molar-refractivity contribution >= 4 is 35.6 Å². The molecule has 0 aliphatic carbocycles. The van der Waals surface area contributed by atoms with Crippen molar-refractivity contribution in [3.05, 3.63) is 66.0 Å². The molecule has 1 fully saturated rings. The Balaban J connectivity index is 0.00000300. The summed E-state index contributed by atoms with van der Waals surface area (Å²) in [4.78, 5) is 6.79. The summed E-state index contributed by atoms with van der Waals surface area (Å²) in [6.07, 6.45) is 1.17. The SMILES string of the molecule is CN=C(NCC1CCN(c2ccccc2)C1)NCC(C)(C)c1cccc(F)c1.I. The minimum absolute atomic E-state index is 0.